The lowest BCUT2D eigenvalue weighted by Crippen LogP contribution is -2.13. The fraction of sp³-hybridized carbons (Fsp3) is 0.600. The van der Waals surface area contributed by atoms with E-state index in [9.17, 15) is 4.79 Å². The molecule has 60 valence electrons. The van der Waals surface area contributed by atoms with Crippen molar-refractivity contribution in [2.45, 2.75) is 20.0 Å². The van der Waals surface area contributed by atoms with Crippen LogP contribution in [0.4, 0.5) is 0 Å². The highest BCUT2D eigenvalue weighted by Gasteiger charge is 2.01. The van der Waals surface area contributed by atoms with E-state index in [0.29, 0.717) is 0 Å². The van der Waals surface area contributed by atoms with Gasteiger partial charge in [-0.25, -0.2) is 4.79 Å². The van der Waals surface area contributed by atoms with Gasteiger partial charge in [-0.05, 0) is 6.92 Å². The molecular weight excluding hydrogens is 140 g/mol. The third kappa shape index (κ3) is 28.6. The maximum atomic E-state index is 9.45. The summed E-state index contributed by atoms with van der Waals surface area (Å²) in [6, 6.07) is 0. The van der Waals surface area contributed by atoms with E-state index in [1.807, 2.05) is 0 Å². The van der Waals surface area contributed by atoms with Gasteiger partial charge in [0.2, 0.25) is 0 Å². The van der Waals surface area contributed by atoms with Crippen molar-refractivity contribution in [2.24, 2.45) is 0 Å². The molecule has 0 aromatic rings. The number of aliphatic carboxylic acids is 2. The molecule has 1 atom stereocenters. The molecule has 0 aromatic heterocycles. The lowest BCUT2D eigenvalue weighted by molar-refractivity contribution is -0.145. The number of aliphatic hydroxyl groups excluding tert-OH is 1. The Kier molecular flexibility index (Phi) is 7.03. The third-order valence-corrected chi connectivity index (χ3v) is 0.357. The minimum atomic E-state index is -1.23. The molecule has 1 unspecified atom stereocenters. The first-order valence-corrected chi connectivity index (χ1v) is 2.48. The molecule has 0 radical (unpaired) electrons. The number of aliphatic hydroxyl groups is 1. The van der Waals surface area contributed by atoms with Gasteiger partial charge in [-0.2, -0.15) is 0 Å². The second kappa shape index (κ2) is 6.03. The van der Waals surface area contributed by atoms with Gasteiger partial charge in [0, 0.05) is 6.92 Å². The lowest BCUT2D eigenvalue weighted by Gasteiger charge is -1.89. The highest BCUT2D eigenvalue weighted by Crippen LogP contribution is 1.73. The number of hydrogen-bond donors (Lipinski definition) is 3. The molecule has 0 aliphatic rings. The number of carbonyl (C=O) groups is 2. The summed E-state index contributed by atoms with van der Waals surface area (Å²) in [6.07, 6.45) is -1.23. The molecule has 0 fully saturated rings. The van der Waals surface area contributed by atoms with Gasteiger partial charge in [-0.1, -0.05) is 0 Å². The molecule has 3 N–H and O–H groups in total. The number of carboxylic acids is 2. The predicted molar refractivity (Wildman–Crippen MR) is 32.6 cm³/mol. The van der Waals surface area contributed by atoms with Crippen LogP contribution in [0.2, 0.25) is 0 Å². The van der Waals surface area contributed by atoms with Gasteiger partial charge in [0.05, 0.1) is 0 Å². The van der Waals surface area contributed by atoms with Gasteiger partial charge in [-0.3, -0.25) is 4.79 Å². The Morgan fingerprint density at radius 3 is 1.40 bits per heavy atom. The van der Waals surface area contributed by atoms with Crippen molar-refractivity contribution >= 4 is 11.9 Å². The molecule has 0 saturated heterocycles. The first-order chi connectivity index (χ1) is 4.37. The van der Waals surface area contributed by atoms with Crippen LogP contribution in [-0.2, 0) is 9.59 Å². The van der Waals surface area contributed by atoms with Crippen molar-refractivity contribution in [3.05, 3.63) is 0 Å². The minimum Gasteiger partial charge on any atom is -0.481 e. The molecule has 0 aromatic carbocycles. The van der Waals surface area contributed by atoms with Crippen LogP contribution >= 0.6 is 0 Å². The summed E-state index contributed by atoms with van der Waals surface area (Å²) in [4.78, 5) is 18.4. The molecule has 0 aliphatic heterocycles. The van der Waals surface area contributed by atoms with Crippen molar-refractivity contribution in [1.82, 2.24) is 0 Å². The zero-order chi connectivity index (χ0) is 8.73. The van der Waals surface area contributed by atoms with E-state index >= 15 is 0 Å². The number of carboxylic acid groups (broad SMARTS) is 2. The summed E-state index contributed by atoms with van der Waals surface area (Å²) in [7, 11) is 0. The first-order valence-electron chi connectivity index (χ1n) is 2.48. The van der Waals surface area contributed by atoms with E-state index in [1.165, 1.54) is 6.92 Å². The van der Waals surface area contributed by atoms with Gasteiger partial charge in [-0.15, -0.1) is 0 Å². The average Bonchev–Trinajstić information content (AvgIpc) is 1.63. The zero-order valence-corrected chi connectivity index (χ0v) is 5.74. The molecular formula is C5H10O5. The van der Waals surface area contributed by atoms with Crippen LogP contribution < -0.4 is 0 Å². The van der Waals surface area contributed by atoms with E-state index in [2.05, 4.69) is 0 Å². The summed E-state index contributed by atoms with van der Waals surface area (Å²) < 4.78 is 0. The van der Waals surface area contributed by atoms with E-state index in [4.69, 9.17) is 20.1 Å². The van der Waals surface area contributed by atoms with E-state index < -0.39 is 18.0 Å². The SMILES string of the molecule is CC(=O)O.CC(O)C(=O)O. The fourth-order valence-electron chi connectivity index (χ4n) is 0. The van der Waals surface area contributed by atoms with Crippen LogP contribution in [0.3, 0.4) is 0 Å². The normalized spacial score (nSPS) is 10.7. The molecule has 0 saturated carbocycles. The topological polar surface area (TPSA) is 94.8 Å². The van der Waals surface area contributed by atoms with Crippen LogP contribution in [0.5, 0.6) is 0 Å². The highest BCUT2D eigenvalue weighted by molar-refractivity contribution is 5.71. The summed E-state index contributed by atoms with van der Waals surface area (Å²) in [5.74, 6) is -2.02. The van der Waals surface area contributed by atoms with E-state index in [0.717, 1.165) is 6.92 Å². The van der Waals surface area contributed by atoms with Gasteiger partial charge in [0.25, 0.3) is 5.97 Å². The Morgan fingerprint density at radius 1 is 1.30 bits per heavy atom. The summed E-state index contributed by atoms with van der Waals surface area (Å²) >= 11 is 0. The molecule has 0 aliphatic carbocycles. The smallest absolute Gasteiger partial charge is 0.332 e. The largest absolute Gasteiger partial charge is 0.481 e. The zero-order valence-electron chi connectivity index (χ0n) is 5.74. The van der Waals surface area contributed by atoms with Crippen LogP contribution in [0.1, 0.15) is 13.8 Å². The second-order valence-electron chi connectivity index (χ2n) is 1.53. The number of rotatable bonds is 1. The van der Waals surface area contributed by atoms with Crippen molar-refractivity contribution in [2.75, 3.05) is 0 Å². The van der Waals surface area contributed by atoms with Gasteiger partial charge in [0.1, 0.15) is 6.10 Å². The van der Waals surface area contributed by atoms with Crippen molar-refractivity contribution < 1.29 is 24.9 Å². The Hall–Kier alpha value is -1.10. The maximum Gasteiger partial charge on any atom is 0.332 e. The van der Waals surface area contributed by atoms with Crippen LogP contribution in [0.25, 0.3) is 0 Å². The van der Waals surface area contributed by atoms with Crippen LogP contribution in [-0.4, -0.2) is 33.4 Å². The summed E-state index contributed by atoms with van der Waals surface area (Å²) in [5.41, 5.74) is 0. The van der Waals surface area contributed by atoms with Crippen LogP contribution in [0, 0.1) is 0 Å². The molecule has 10 heavy (non-hydrogen) atoms. The quantitative estimate of drug-likeness (QED) is 0.470. The molecule has 0 heterocycles. The van der Waals surface area contributed by atoms with Crippen molar-refractivity contribution in [3.63, 3.8) is 0 Å². The Labute approximate surface area is 57.9 Å². The second-order valence-corrected chi connectivity index (χ2v) is 1.53. The fourth-order valence-corrected chi connectivity index (χ4v) is 0. The number of hydrogen-bond acceptors (Lipinski definition) is 3. The molecule has 0 rings (SSSR count). The monoisotopic (exact) mass is 150 g/mol. The summed E-state index contributed by atoms with van der Waals surface area (Å²) in [6.45, 7) is 2.28. The Balaban J connectivity index is 0. The first kappa shape index (κ1) is 11.7. The Morgan fingerprint density at radius 2 is 1.40 bits per heavy atom. The maximum absolute atomic E-state index is 9.45. The standard InChI is InChI=1S/C3H6O3.C2H4O2/c1-2(4)3(5)6;1-2(3)4/h2,4H,1H3,(H,5,6);1H3,(H,3,4). The average molecular weight is 150 g/mol. The summed E-state index contributed by atoms with van der Waals surface area (Å²) in [5, 5.41) is 23.2. The molecule has 0 bridgehead atoms. The van der Waals surface area contributed by atoms with E-state index in [1.54, 1.807) is 0 Å². The third-order valence-electron chi connectivity index (χ3n) is 0.357. The van der Waals surface area contributed by atoms with Gasteiger partial charge in [0.15, 0.2) is 0 Å². The van der Waals surface area contributed by atoms with Crippen molar-refractivity contribution in [3.8, 4) is 0 Å². The van der Waals surface area contributed by atoms with Crippen molar-refractivity contribution in [1.29, 1.82) is 0 Å². The molecule has 5 heteroatoms. The molecule has 0 amide bonds. The predicted octanol–water partition coefficient (Wildman–Crippen LogP) is -0.457. The molecule has 5 nitrogen and oxygen atoms in total. The lowest BCUT2D eigenvalue weighted by atomic mass is 10.4. The highest BCUT2D eigenvalue weighted by atomic mass is 16.4. The Bertz CT molecular complexity index is 113. The van der Waals surface area contributed by atoms with Gasteiger partial charge >= 0.3 is 5.97 Å². The minimum absolute atomic E-state index is 0.833. The van der Waals surface area contributed by atoms with E-state index in [-0.39, 0.29) is 0 Å². The van der Waals surface area contributed by atoms with Gasteiger partial charge < -0.3 is 15.3 Å². The van der Waals surface area contributed by atoms with Crippen LogP contribution in [0.15, 0.2) is 0 Å². The molecule has 0 spiro atoms.